The van der Waals surface area contributed by atoms with Crippen molar-refractivity contribution in [1.29, 1.82) is 0 Å². The molecule has 0 unspecified atom stereocenters. The van der Waals surface area contributed by atoms with Crippen LogP contribution in [0.15, 0.2) is 36.4 Å². The van der Waals surface area contributed by atoms with Crippen LogP contribution in [0.1, 0.15) is 13.3 Å². The van der Waals surface area contributed by atoms with Crippen LogP contribution < -0.4 is 5.32 Å². The molecule has 0 saturated carbocycles. The van der Waals surface area contributed by atoms with E-state index in [0.717, 1.165) is 30.0 Å². The Balaban J connectivity index is 2.21. The number of hydrogen-bond donors (Lipinski definition) is 1. The van der Waals surface area contributed by atoms with Crippen molar-refractivity contribution in [3.05, 3.63) is 41.4 Å². The molecule has 1 N–H and O–H groups in total. The molecule has 1 aromatic heterocycles. The van der Waals surface area contributed by atoms with E-state index in [9.17, 15) is 0 Å². The van der Waals surface area contributed by atoms with E-state index in [0.29, 0.717) is 5.02 Å². The van der Waals surface area contributed by atoms with E-state index < -0.39 is 0 Å². The van der Waals surface area contributed by atoms with Crippen molar-refractivity contribution in [2.45, 2.75) is 13.3 Å². The molecule has 2 aromatic rings. The SMILES string of the molecule is CCCNc1ccc(-c2ccccc2Cl)nn1. The molecule has 0 spiro atoms. The summed E-state index contributed by atoms with van der Waals surface area (Å²) < 4.78 is 0. The van der Waals surface area contributed by atoms with Crippen LogP contribution in [0.4, 0.5) is 5.82 Å². The fourth-order valence-corrected chi connectivity index (χ4v) is 1.72. The molecule has 0 aliphatic rings. The van der Waals surface area contributed by atoms with E-state index in [1.165, 1.54) is 0 Å². The average Bonchev–Trinajstić information content (AvgIpc) is 2.38. The number of rotatable bonds is 4. The van der Waals surface area contributed by atoms with Crippen molar-refractivity contribution in [3.63, 3.8) is 0 Å². The van der Waals surface area contributed by atoms with Crippen LogP contribution in [0.3, 0.4) is 0 Å². The fraction of sp³-hybridized carbons (Fsp3) is 0.231. The summed E-state index contributed by atoms with van der Waals surface area (Å²) >= 11 is 6.10. The molecule has 0 radical (unpaired) electrons. The average molecular weight is 248 g/mol. The predicted molar refractivity (Wildman–Crippen MR) is 71.3 cm³/mol. The molecular formula is C13H14ClN3. The Kier molecular flexibility index (Phi) is 3.94. The Morgan fingerprint density at radius 1 is 1.12 bits per heavy atom. The van der Waals surface area contributed by atoms with Crippen LogP contribution in [0.25, 0.3) is 11.3 Å². The van der Waals surface area contributed by atoms with Gasteiger partial charge >= 0.3 is 0 Å². The molecule has 0 aliphatic heterocycles. The van der Waals surface area contributed by atoms with Gasteiger partial charge in [0.2, 0.25) is 0 Å². The second kappa shape index (κ2) is 5.64. The summed E-state index contributed by atoms with van der Waals surface area (Å²) in [7, 11) is 0. The van der Waals surface area contributed by atoms with Crippen molar-refractivity contribution >= 4 is 17.4 Å². The number of hydrogen-bond acceptors (Lipinski definition) is 3. The summed E-state index contributed by atoms with van der Waals surface area (Å²) in [6.45, 7) is 3.01. The minimum absolute atomic E-state index is 0.691. The van der Waals surface area contributed by atoms with E-state index in [1.54, 1.807) is 0 Å². The highest BCUT2D eigenvalue weighted by Crippen LogP contribution is 2.25. The summed E-state index contributed by atoms with van der Waals surface area (Å²) in [5, 5.41) is 12.2. The highest BCUT2D eigenvalue weighted by atomic mass is 35.5. The molecule has 4 heteroatoms. The number of benzene rings is 1. The summed E-state index contributed by atoms with van der Waals surface area (Å²) in [6.07, 6.45) is 1.06. The lowest BCUT2D eigenvalue weighted by atomic mass is 10.1. The first-order chi connectivity index (χ1) is 8.31. The van der Waals surface area contributed by atoms with Gasteiger partial charge in [-0.2, -0.15) is 0 Å². The first kappa shape index (κ1) is 11.9. The van der Waals surface area contributed by atoms with Crippen LogP contribution in [-0.2, 0) is 0 Å². The molecule has 17 heavy (non-hydrogen) atoms. The van der Waals surface area contributed by atoms with Crippen molar-refractivity contribution in [3.8, 4) is 11.3 Å². The van der Waals surface area contributed by atoms with E-state index in [4.69, 9.17) is 11.6 Å². The molecule has 88 valence electrons. The molecule has 0 saturated heterocycles. The number of aromatic nitrogens is 2. The zero-order chi connectivity index (χ0) is 12.1. The Morgan fingerprint density at radius 3 is 2.59 bits per heavy atom. The quantitative estimate of drug-likeness (QED) is 0.897. The minimum atomic E-state index is 0.691. The number of anilines is 1. The highest BCUT2D eigenvalue weighted by Gasteiger charge is 2.04. The zero-order valence-electron chi connectivity index (χ0n) is 9.65. The summed E-state index contributed by atoms with van der Waals surface area (Å²) in [4.78, 5) is 0. The van der Waals surface area contributed by atoms with Gasteiger partial charge in [0.15, 0.2) is 0 Å². The second-order valence-electron chi connectivity index (χ2n) is 3.71. The summed E-state index contributed by atoms with van der Waals surface area (Å²) in [5.74, 6) is 0.794. The maximum atomic E-state index is 6.10. The molecule has 2 rings (SSSR count). The molecule has 1 aromatic carbocycles. The van der Waals surface area contributed by atoms with E-state index in [1.807, 2.05) is 36.4 Å². The van der Waals surface area contributed by atoms with E-state index >= 15 is 0 Å². The number of halogens is 1. The fourth-order valence-electron chi connectivity index (χ4n) is 1.49. The van der Waals surface area contributed by atoms with E-state index in [2.05, 4.69) is 22.4 Å². The molecular weight excluding hydrogens is 234 g/mol. The van der Waals surface area contributed by atoms with Gasteiger partial charge in [-0.25, -0.2) is 0 Å². The largest absolute Gasteiger partial charge is 0.369 e. The molecule has 0 aliphatic carbocycles. The van der Waals surface area contributed by atoms with Crippen molar-refractivity contribution in [1.82, 2.24) is 10.2 Å². The van der Waals surface area contributed by atoms with Gasteiger partial charge in [-0.05, 0) is 24.6 Å². The van der Waals surface area contributed by atoms with Crippen LogP contribution in [-0.4, -0.2) is 16.7 Å². The van der Waals surface area contributed by atoms with Gasteiger partial charge in [-0.15, -0.1) is 10.2 Å². The molecule has 0 amide bonds. The zero-order valence-corrected chi connectivity index (χ0v) is 10.4. The van der Waals surface area contributed by atoms with Crippen LogP contribution in [0.5, 0.6) is 0 Å². The standard InChI is InChI=1S/C13H14ClN3/c1-2-9-15-13-8-7-12(16-17-13)10-5-3-4-6-11(10)14/h3-8H,2,9H2,1H3,(H,15,17). The lowest BCUT2D eigenvalue weighted by molar-refractivity contribution is 0.945. The van der Waals surface area contributed by atoms with Crippen LogP contribution >= 0.6 is 11.6 Å². The number of nitrogens with zero attached hydrogens (tertiary/aromatic N) is 2. The normalized spacial score (nSPS) is 10.2. The maximum Gasteiger partial charge on any atom is 0.148 e. The third-order valence-electron chi connectivity index (χ3n) is 2.37. The third-order valence-corrected chi connectivity index (χ3v) is 2.70. The van der Waals surface area contributed by atoms with Gasteiger partial charge in [0.1, 0.15) is 5.82 Å². The van der Waals surface area contributed by atoms with Gasteiger partial charge in [-0.3, -0.25) is 0 Å². The van der Waals surface area contributed by atoms with Crippen molar-refractivity contribution in [2.24, 2.45) is 0 Å². The first-order valence-corrected chi connectivity index (χ1v) is 6.01. The smallest absolute Gasteiger partial charge is 0.148 e. The first-order valence-electron chi connectivity index (χ1n) is 5.63. The van der Waals surface area contributed by atoms with Gasteiger partial charge in [0.05, 0.1) is 10.7 Å². The Hall–Kier alpha value is -1.61. The Bertz CT molecular complexity index is 482. The van der Waals surface area contributed by atoms with Gasteiger partial charge in [-0.1, -0.05) is 36.7 Å². The van der Waals surface area contributed by atoms with Gasteiger partial charge < -0.3 is 5.32 Å². The minimum Gasteiger partial charge on any atom is -0.369 e. The number of nitrogens with one attached hydrogen (secondary N) is 1. The lowest BCUT2D eigenvalue weighted by Crippen LogP contribution is -2.02. The van der Waals surface area contributed by atoms with Crippen molar-refractivity contribution < 1.29 is 0 Å². The molecule has 0 bridgehead atoms. The second-order valence-corrected chi connectivity index (χ2v) is 4.12. The molecule has 0 fully saturated rings. The third kappa shape index (κ3) is 2.94. The van der Waals surface area contributed by atoms with E-state index in [-0.39, 0.29) is 0 Å². The van der Waals surface area contributed by atoms with Gasteiger partial charge in [0.25, 0.3) is 0 Å². The monoisotopic (exact) mass is 247 g/mol. The Morgan fingerprint density at radius 2 is 1.94 bits per heavy atom. The highest BCUT2D eigenvalue weighted by molar-refractivity contribution is 6.33. The molecule has 3 nitrogen and oxygen atoms in total. The van der Waals surface area contributed by atoms with Crippen LogP contribution in [0.2, 0.25) is 5.02 Å². The predicted octanol–water partition coefficient (Wildman–Crippen LogP) is 3.62. The molecule has 1 heterocycles. The topological polar surface area (TPSA) is 37.8 Å². The summed E-state index contributed by atoms with van der Waals surface area (Å²) in [5.41, 5.74) is 1.70. The maximum absolute atomic E-state index is 6.10. The van der Waals surface area contributed by atoms with Crippen molar-refractivity contribution in [2.75, 3.05) is 11.9 Å². The van der Waals surface area contributed by atoms with Crippen LogP contribution in [0, 0.1) is 0 Å². The van der Waals surface area contributed by atoms with Gasteiger partial charge in [0, 0.05) is 12.1 Å². The lowest BCUT2D eigenvalue weighted by Gasteiger charge is -2.05. The Labute approximate surface area is 106 Å². The summed E-state index contributed by atoms with van der Waals surface area (Å²) in [6, 6.07) is 11.5. The molecule has 0 atom stereocenters.